The fourth-order valence-corrected chi connectivity index (χ4v) is 3.88. The standard InChI is InChI=1S/C15H15B.C13H24N2/c1-2-13-16(14-9-5-3-6-10-14)15-11-7-4-8-12-15;1-3-5-7-9-12-13(15-11-14-12)10-8-6-4-2/h2-12H,1,13H2;11H,3-10H2,1-2H3,(H,14,15). The maximum atomic E-state index is 4.41. The van der Waals surface area contributed by atoms with Crippen LogP contribution < -0.4 is 10.9 Å². The van der Waals surface area contributed by atoms with E-state index in [-0.39, 0.29) is 0 Å². The zero-order chi connectivity index (χ0) is 22.2. The molecule has 0 aliphatic heterocycles. The summed E-state index contributed by atoms with van der Waals surface area (Å²) in [6.07, 6.45) is 14.9. The number of nitrogens with one attached hydrogen (secondary N) is 1. The van der Waals surface area contributed by atoms with Crippen molar-refractivity contribution in [1.29, 1.82) is 0 Å². The Hall–Kier alpha value is -2.55. The van der Waals surface area contributed by atoms with E-state index in [4.69, 9.17) is 0 Å². The van der Waals surface area contributed by atoms with E-state index in [1.807, 2.05) is 12.4 Å². The highest BCUT2D eigenvalue weighted by Gasteiger charge is 2.16. The van der Waals surface area contributed by atoms with Crippen LogP contribution in [-0.2, 0) is 12.8 Å². The Bertz CT molecular complexity index is 762. The molecule has 0 amide bonds. The molecule has 3 heteroatoms. The van der Waals surface area contributed by atoms with Crippen molar-refractivity contribution < 1.29 is 0 Å². The number of hydrogen-bond donors (Lipinski definition) is 1. The molecule has 3 rings (SSSR count). The number of rotatable bonds is 12. The second-order valence-corrected chi connectivity index (χ2v) is 8.14. The van der Waals surface area contributed by atoms with Crippen molar-refractivity contribution in [2.24, 2.45) is 0 Å². The average Bonchev–Trinajstić information content (AvgIpc) is 3.27. The van der Waals surface area contributed by atoms with E-state index in [1.165, 1.54) is 67.3 Å². The van der Waals surface area contributed by atoms with Crippen LogP contribution in [0, 0.1) is 0 Å². The van der Waals surface area contributed by atoms with Gasteiger partial charge in [0.05, 0.1) is 12.0 Å². The molecule has 0 radical (unpaired) electrons. The molecular formula is C28H39BN2. The maximum Gasteiger partial charge on any atom is 0.213 e. The summed E-state index contributed by atoms with van der Waals surface area (Å²) in [4.78, 5) is 7.69. The third-order valence-electron chi connectivity index (χ3n) is 5.66. The highest BCUT2D eigenvalue weighted by molar-refractivity contribution is 6.85. The molecule has 0 aliphatic carbocycles. The molecule has 1 N–H and O–H groups in total. The predicted octanol–water partition coefficient (Wildman–Crippen LogP) is 6.36. The number of benzene rings is 2. The van der Waals surface area contributed by atoms with E-state index >= 15 is 0 Å². The lowest BCUT2D eigenvalue weighted by molar-refractivity contribution is 0.683. The molecule has 2 aromatic carbocycles. The summed E-state index contributed by atoms with van der Waals surface area (Å²) in [6.45, 7) is 8.77. The Kier molecular flexibility index (Phi) is 12.2. The number of nitrogens with zero attached hydrogens (tertiary/aromatic N) is 1. The fourth-order valence-electron chi connectivity index (χ4n) is 3.88. The van der Waals surface area contributed by atoms with Crippen molar-refractivity contribution in [3.63, 3.8) is 0 Å². The van der Waals surface area contributed by atoms with Gasteiger partial charge in [0.1, 0.15) is 0 Å². The number of H-pyrrole nitrogens is 1. The number of aromatic nitrogens is 2. The van der Waals surface area contributed by atoms with Crippen LogP contribution in [0.4, 0.5) is 0 Å². The Labute approximate surface area is 190 Å². The molecule has 1 aromatic heterocycles. The molecular weight excluding hydrogens is 375 g/mol. The largest absolute Gasteiger partial charge is 0.348 e. The van der Waals surface area contributed by atoms with Crippen LogP contribution in [0.5, 0.6) is 0 Å². The van der Waals surface area contributed by atoms with Crippen LogP contribution in [0.1, 0.15) is 63.8 Å². The number of allylic oxidation sites excluding steroid dienone is 1. The topological polar surface area (TPSA) is 28.7 Å². The van der Waals surface area contributed by atoms with Crippen LogP contribution in [0.15, 0.2) is 79.6 Å². The summed E-state index contributed by atoms with van der Waals surface area (Å²) in [5.41, 5.74) is 5.39. The third kappa shape index (κ3) is 9.00. The predicted molar refractivity (Wildman–Crippen MR) is 138 cm³/mol. The summed E-state index contributed by atoms with van der Waals surface area (Å²) < 4.78 is 0. The van der Waals surface area contributed by atoms with E-state index in [0.29, 0.717) is 6.71 Å². The minimum Gasteiger partial charge on any atom is -0.348 e. The number of unbranched alkanes of at least 4 members (excludes halogenated alkanes) is 4. The average molecular weight is 414 g/mol. The summed E-state index contributed by atoms with van der Waals surface area (Å²) in [6, 6.07) is 21.2. The SMILES string of the molecule is C=CCB(c1ccccc1)c1ccccc1.CCCCCc1nc[nH]c1CCCCC. The Morgan fingerprint density at radius 1 is 0.806 bits per heavy atom. The quantitative estimate of drug-likeness (QED) is 0.209. The first-order chi connectivity index (χ1) is 15.3. The second-order valence-electron chi connectivity index (χ2n) is 8.14. The number of aryl methyl sites for hydroxylation is 2. The van der Waals surface area contributed by atoms with Crippen molar-refractivity contribution in [3.8, 4) is 0 Å². The second kappa shape index (κ2) is 15.3. The lowest BCUT2D eigenvalue weighted by Crippen LogP contribution is -2.41. The van der Waals surface area contributed by atoms with Gasteiger partial charge in [0.25, 0.3) is 0 Å². The van der Waals surface area contributed by atoms with Gasteiger partial charge >= 0.3 is 0 Å². The van der Waals surface area contributed by atoms with Gasteiger partial charge in [-0.25, -0.2) is 4.98 Å². The highest BCUT2D eigenvalue weighted by atomic mass is 14.9. The number of aromatic amines is 1. The first kappa shape index (κ1) is 24.7. The molecule has 0 saturated carbocycles. The zero-order valence-electron chi connectivity index (χ0n) is 19.5. The molecule has 0 unspecified atom stereocenters. The smallest absolute Gasteiger partial charge is 0.213 e. The van der Waals surface area contributed by atoms with Gasteiger partial charge < -0.3 is 4.98 Å². The van der Waals surface area contributed by atoms with Gasteiger partial charge in [-0.2, -0.15) is 0 Å². The van der Waals surface area contributed by atoms with Gasteiger partial charge in [0.2, 0.25) is 6.71 Å². The molecule has 0 aliphatic rings. The van der Waals surface area contributed by atoms with Crippen molar-refractivity contribution >= 4 is 17.6 Å². The maximum absolute atomic E-state index is 4.41. The minimum atomic E-state index is 0.430. The Morgan fingerprint density at radius 3 is 1.87 bits per heavy atom. The molecule has 0 atom stereocenters. The molecule has 1 heterocycles. The van der Waals surface area contributed by atoms with E-state index in [2.05, 4.69) is 91.1 Å². The zero-order valence-corrected chi connectivity index (χ0v) is 19.5. The summed E-state index contributed by atoms with van der Waals surface area (Å²) >= 11 is 0. The first-order valence-electron chi connectivity index (χ1n) is 12.0. The van der Waals surface area contributed by atoms with Crippen LogP contribution in [-0.4, -0.2) is 16.7 Å². The molecule has 3 aromatic rings. The van der Waals surface area contributed by atoms with Crippen LogP contribution >= 0.6 is 0 Å². The molecule has 0 saturated heterocycles. The fraction of sp³-hybridized carbons (Fsp3) is 0.393. The van der Waals surface area contributed by atoms with Gasteiger partial charge in [-0.1, -0.05) is 117 Å². The van der Waals surface area contributed by atoms with Gasteiger partial charge in [0, 0.05) is 5.69 Å². The van der Waals surface area contributed by atoms with Gasteiger partial charge in [-0.15, -0.1) is 6.58 Å². The van der Waals surface area contributed by atoms with E-state index in [9.17, 15) is 0 Å². The van der Waals surface area contributed by atoms with Crippen molar-refractivity contribution in [2.75, 3.05) is 0 Å². The number of hydrogen-bond acceptors (Lipinski definition) is 1. The first-order valence-corrected chi connectivity index (χ1v) is 12.0. The molecule has 0 fully saturated rings. The van der Waals surface area contributed by atoms with Crippen molar-refractivity contribution in [1.82, 2.24) is 9.97 Å². The summed E-state index contributed by atoms with van der Waals surface area (Å²) in [5, 5.41) is 0. The monoisotopic (exact) mass is 414 g/mol. The van der Waals surface area contributed by atoms with Gasteiger partial charge in [-0.05, 0) is 32.0 Å². The van der Waals surface area contributed by atoms with Gasteiger partial charge in [-0.3, -0.25) is 0 Å². The Morgan fingerprint density at radius 2 is 1.35 bits per heavy atom. The summed E-state index contributed by atoms with van der Waals surface area (Å²) in [7, 11) is 0. The van der Waals surface area contributed by atoms with E-state index in [1.54, 1.807) is 0 Å². The number of imidazole rings is 1. The summed E-state index contributed by atoms with van der Waals surface area (Å²) in [5.74, 6) is 0. The highest BCUT2D eigenvalue weighted by Crippen LogP contribution is 2.11. The van der Waals surface area contributed by atoms with E-state index < -0.39 is 0 Å². The molecule has 2 nitrogen and oxygen atoms in total. The van der Waals surface area contributed by atoms with Crippen LogP contribution in [0.3, 0.4) is 0 Å². The van der Waals surface area contributed by atoms with Crippen molar-refractivity contribution in [3.05, 3.63) is 91.0 Å². The lowest BCUT2D eigenvalue weighted by atomic mass is 9.39. The molecule has 164 valence electrons. The lowest BCUT2D eigenvalue weighted by Gasteiger charge is -2.12. The van der Waals surface area contributed by atoms with Crippen molar-refractivity contribution in [2.45, 2.75) is 71.5 Å². The minimum absolute atomic E-state index is 0.430. The normalized spacial score (nSPS) is 10.3. The Balaban J connectivity index is 0.000000221. The van der Waals surface area contributed by atoms with Crippen LogP contribution in [0.25, 0.3) is 0 Å². The van der Waals surface area contributed by atoms with E-state index in [0.717, 1.165) is 12.7 Å². The van der Waals surface area contributed by atoms with Gasteiger partial charge in [0.15, 0.2) is 0 Å². The molecule has 31 heavy (non-hydrogen) atoms. The van der Waals surface area contributed by atoms with Crippen LogP contribution in [0.2, 0.25) is 6.32 Å². The molecule has 0 spiro atoms. The molecule has 0 bridgehead atoms. The third-order valence-corrected chi connectivity index (χ3v) is 5.66.